The van der Waals surface area contributed by atoms with Gasteiger partial charge in [-0.2, -0.15) is 0 Å². The second-order valence-electron chi connectivity index (χ2n) is 5.66. The van der Waals surface area contributed by atoms with Crippen molar-refractivity contribution in [2.24, 2.45) is 5.92 Å². The number of carbonyl (C=O) groups excluding carboxylic acids is 1. The maximum Gasteiger partial charge on any atom is 0.277 e. The molecule has 0 spiro atoms. The lowest BCUT2D eigenvalue weighted by molar-refractivity contribution is -0.384. The number of carbonyl (C=O) groups is 1. The van der Waals surface area contributed by atoms with Gasteiger partial charge in [0.05, 0.1) is 10.7 Å². The van der Waals surface area contributed by atoms with Crippen molar-refractivity contribution in [1.29, 1.82) is 0 Å². The average Bonchev–Trinajstić information content (AvgIpc) is 3.31. The third-order valence-electron chi connectivity index (χ3n) is 3.75. The summed E-state index contributed by atoms with van der Waals surface area (Å²) in [5, 5.41) is 21.7. The van der Waals surface area contributed by atoms with E-state index in [4.69, 9.17) is 4.42 Å². The van der Waals surface area contributed by atoms with E-state index in [1.165, 1.54) is 25.0 Å². The Kier molecular flexibility index (Phi) is 4.79. The smallest absolute Gasteiger partial charge is 0.277 e. The summed E-state index contributed by atoms with van der Waals surface area (Å²) in [6.45, 7) is 2.01. The second-order valence-corrected chi connectivity index (χ2v) is 6.59. The van der Waals surface area contributed by atoms with Gasteiger partial charge >= 0.3 is 0 Å². The lowest BCUT2D eigenvalue weighted by Crippen LogP contribution is -2.35. The fourth-order valence-corrected chi connectivity index (χ4v) is 2.85. The minimum Gasteiger partial charge on any atom is -0.411 e. The Morgan fingerprint density at radius 1 is 1.50 bits per heavy atom. The van der Waals surface area contributed by atoms with E-state index >= 15 is 0 Å². The van der Waals surface area contributed by atoms with Crippen LogP contribution in [0.1, 0.15) is 19.8 Å². The molecule has 2 aromatic rings. The first-order chi connectivity index (χ1) is 11.5. The predicted molar refractivity (Wildman–Crippen MR) is 87.4 cm³/mol. The van der Waals surface area contributed by atoms with Crippen LogP contribution in [0.4, 0.5) is 5.69 Å². The molecule has 1 aromatic carbocycles. The van der Waals surface area contributed by atoms with Gasteiger partial charge in [-0.05, 0) is 31.7 Å². The molecule has 1 aliphatic carbocycles. The van der Waals surface area contributed by atoms with E-state index in [1.807, 2.05) is 6.92 Å². The van der Waals surface area contributed by atoms with Gasteiger partial charge in [0.25, 0.3) is 10.9 Å². The van der Waals surface area contributed by atoms with Crippen LogP contribution in [0.25, 0.3) is 11.5 Å². The molecule has 126 valence electrons. The number of thioether (sulfide) groups is 1. The number of hydrogen-bond donors (Lipinski definition) is 1. The predicted octanol–water partition coefficient (Wildman–Crippen LogP) is 2.65. The molecule has 1 saturated carbocycles. The summed E-state index contributed by atoms with van der Waals surface area (Å²) in [6, 6.07) is 6.16. The van der Waals surface area contributed by atoms with Crippen molar-refractivity contribution in [2.45, 2.75) is 31.0 Å². The van der Waals surface area contributed by atoms with Crippen LogP contribution in [-0.2, 0) is 4.79 Å². The molecule has 0 radical (unpaired) electrons. The number of rotatable bonds is 7. The zero-order valence-electron chi connectivity index (χ0n) is 13.0. The van der Waals surface area contributed by atoms with Gasteiger partial charge in [-0.3, -0.25) is 14.9 Å². The molecular weight excluding hydrogens is 332 g/mol. The Hall–Kier alpha value is -2.42. The minimum atomic E-state index is -0.485. The molecule has 0 unspecified atom stereocenters. The lowest BCUT2D eigenvalue weighted by Gasteiger charge is -2.11. The fraction of sp³-hybridized carbons (Fsp3) is 0.400. The van der Waals surface area contributed by atoms with Crippen molar-refractivity contribution in [3.8, 4) is 11.5 Å². The first-order valence-electron chi connectivity index (χ1n) is 7.53. The van der Waals surface area contributed by atoms with Crippen molar-refractivity contribution < 1.29 is 14.1 Å². The minimum absolute atomic E-state index is 0.0478. The Morgan fingerprint density at radius 3 is 3.00 bits per heavy atom. The van der Waals surface area contributed by atoms with Gasteiger partial charge in [0, 0.05) is 23.7 Å². The zero-order valence-corrected chi connectivity index (χ0v) is 13.8. The lowest BCUT2D eigenvalue weighted by atomic mass is 10.2. The van der Waals surface area contributed by atoms with Crippen LogP contribution in [0.15, 0.2) is 33.9 Å². The van der Waals surface area contributed by atoms with Crippen molar-refractivity contribution in [3.63, 3.8) is 0 Å². The number of nitro benzene ring substituents is 1. The number of nitrogens with one attached hydrogen (secondary N) is 1. The van der Waals surface area contributed by atoms with Crippen LogP contribution in [0.3, 0.4) is 0 Å². The highest BCUT2D eigenvalue weighted by atomic mass is 32.2. The molecule has 0 aliphatic heterocycles. The van der Waals surface area contributed by atoms with Crippen molar-refractivity contribution in [1.82, 2.24) is 15.5 Å². The summed E-state index contributed by atoms with van der Waals surface area (Å²) in [5.74, 6) is 0.901. The van der Waals surface area contributed by atoms with Gasteiger partial charge in [0.1, 0.15) is 0 Å². The Labute approximate surface area is 142 Å². The largest absolute Gasteiger partial charge is 0.411 e. The van der Waals surface area contributed by atoms with Crippen molar-refractivity contribution >= 4 is 23.4 Å². The highest BCUT2D eigenvalue weighted by Gasteiger charge is 2.28. The third kappa shape index (κ3) is 4.10. The number of non-ortho nitro benzene ring substituents is 1. The number of aromatic nitrogens is 2. The molecule has 1 heterocycles. The summed E-state index contributed by atoms with van der Waals surface area (Å²) in [7, 11) is 0. The topological polar surface area (TPSA) is 111 Å². The van der Waals surface area contributed by atoms with Gasteiger partial charge in [-0.15, -0.1) is 10.2 Å². The van der Waals surface area contributed by atoms with Crippen molar-refractivity contribution in [3.05, 3.63) is 34.4 Å². The summed E-state index contributed by atoms with van der Waals surface area (Å²) in [6.07, 6.45) is 2.34. The van der Waals surface area contributed by atoms with Gasteiger partial charge in [0.2, 0.25) is 11.8 Å². The van der Waals surface area contributed by atoms with Crippen LogP contribution < -0.4 is 5.32 Å². The quantitative estimate of drug-likeness (QED) is 0.465. The maximum atomic E-state index is 11.9. The van der Waals surface area contributed by atoms with Gasteiger partial charge in [-0.1, -0.05) is 17.8 Å². The van der Waals surface area contributed by atoms with Crippen LogP contribution in [0.5, 0.6) is 0 Å². The highest BCUT2D eigenvalue weighted by molar-refractivity contribution is 7.99. The van der Waals surface area contributed by atoms with Gasteiger partial charge < -0.3 is 9.73 Å². The Balaban J connectivity index is 1.58. The molecule has 3 rings (SSSR count). The number of amides is 1. The molecule has 9 heteroatoms. The van der Waals surface area contributed by atoms with E-state index in [2.05, 4.69) is 15.5 Å². The van der Waals surface area contributed by atoms with Crippen LogP contribution >= 0.6 is 11.8 Å². The second kappa shape index (κ2) is 7.00. The third-order valence-corrected chi connectivity index (χ3v) is 4.57. The molecule has 1 atom stereocenters. The summed E-state index contributed by atoms with van der Waals surface area (Å²) >= 11 is 1.14. The Bertz CT molecular complexity index is 759. The molecule has 0 saturated heterocycles. The summed E-state index contributed by atoms with van der Waals surface area (Å²) in [5.41, 5.74) is 0.420. The van der Waals surface area contributed by atoms with E-state index in [0.29, 0.717) is 11.5 Å². The molecular formula is C15H16N4O4S. The van der Waals surface area contributed by atoms with E-state index in [1.54, 1.807) is 12.1 Å². The molecule has 8 nitrogen and oxygen atoms in total. The van der Waals surface area contributed by atoms with Crippen molar-refractivity contribution in [2.75, 3.05) is 5.75 Å². The Morgan fingerprint density at radius 2 is 2.29 bits per heavy atom. The molecule has 1 aliphatic rings. The van der Waals surface area contributed by atoms with Gasteiger partial charge in [0.15, 0.2) is 0 Å². The molecule has 1 amide bonds. The number of hydrogen-bond acceptors (Lipinski definition) is 7. The first kappa shape index (κ1) is 16.4. The van der Waals surface area contributed by atoms with E-state index in [0.717, 1.165) is 11.8 Å². The summed E-state index contributed by atoms with van der Waals surface area (Å²) < 4.78 is 5.46. The fourth-order valence-electron chi connectivity index (χ4n) is 2.27. The number of nitro groups is 1. The van der Waals surface area contributed by atoms with Crippen LogP contribution in [0.2, 0.25) is 0 Å². The number of nitrogens with zero attached hydrogens (tertiary/aromatic N) is 3. The van der Waals surface area contributed by atoms with E-state index < -0.39 is 4.92 Å². The maximum absolute atomic E-state index is 11.9. The zero-order chi connectivity index (χ0) is 17.1. The van der Waals surface area contributed by atoms with Crippen LogP contribution in [0, 0.1) is 16.0 Å². The SMILES string of the molecule is C[C@H](NC(=O)CSc1nnc(-c2cccc([N+](=O)[O-])c2)o1)C1CC1. The molecule has 1 N–H and O–H groups in total. The molecule has 1 aromatic heterocycles. The number of benzene rings is 1. The molecule has 24 heavy (non-hydrogen) atoms. The average molecular weight is 348 g/mol. The molecule has 0 bridgehead atoms. The monoisotopic (exact) mass is 348 g/mol. The van der Waals surface area contributed by atoms with Gasteiger partial charge in [-0.25, -0.2) is 0 Å². The highest BCUT2D eigenvalue weighted by Crippen LogP contribution is 2.32. The normalized spacial score (nSPS) is 15.0. The summed E-state index contributed by atoms with van der Waals surface area (Å²) in [4.78, 5) is 22.2. The standard InChI is InChI=1S/C15H16N4O4S/c1-9(10-5-6-10)16-13(20)8-24-15-18-17-14(23-15)11-3-2-4-12(7-11)19(21)22/h2-4,7,9-10H,5-6,8H2,1H3,(H,16,20)/t9-/m0/s1. The first-order valence-corrected chi connectivity index (χ1v) is 8.52. The van der Waals surface area contributed by atoms with E-state index in [-0.39, 0.29) is 34.5 Å². The molecule has 1 fully saturated rings. The van der Waals surface area contributed by atoms with E-state index in [9.17, 15) is 14.9 Å². The van der Waals surface area contributed by atoms with Crippen LogP contribution in [-0.4, -0.2) is 32.8 Å².